The highest BCUT2D eigenvalue weighted by molar-refractivity contribution is 6.31. The van der Waals surface area contributed by atoms with Crippen molar-refractivity contribution in [1.29, 1.82) is 0 Å². The summed E-state index contributed by atoms with van der Waals surface area (Å²) in [6.45, 7) is 0.313. The number of hydrogen-bond donors (Lipinski definition) is 0. The highest BCUT2D eigenvalue weighted by Gasteiger charge is 2.27. The van der Waals surface area contributed by atoms with Gasteiger partial charge in [0.05, 0.1) is 23.8 Å². The molecule has 2 aromatic heterocycles. The monoisotopic (exact) mass is 301 g/mol. The van der Waals surface area contributed by atoms with E-state index in [1.165, 1.54) is 9.36 Å². The highest BCUT2D eigenvalue weighted by atomic mass is 35.5. The molecule has 0 bridgehead atoms. The lowest BCUT2D eigenvalue weighted by molar-refractivity contribution is 0.593. The van der Waals surface area contributed by atoms with Gasteiger partial charge in [0.25, 0.3) is 0 Å². The largest absolute Gasteiger partial charge is 0.364 e. The number of benzene rings is 1. The third-order valence-electron chi connectivity index (χ3n) is 3.58. The van der Waals surface area contributed by atoms with Gasteiger partial charge in [-0.2, -0.15) is 9.36 Å². The van der Waals surface area contributed by atoms with Crippen molar-refractivity contribution in [3.8, 4) is 0 Å². The molecule has 0 N–H and O–H groups in total. The van der Waals surface area contributed by atoms with Crippen molar-refractivity contribution in [2.24, 2.45) is 0 Å². The Morgan fingerprint density at radius 1 is 1.19 bits per heavy atom. The summed E-state index contributed by atoms with van der Waals surface area (Å²) in [4.78, 5) is 16.6. The molecule has 1 aromatic carbocycles. The standard InChI is InChI=1S/C14H12ClN5O/c15-10-3-1-9-2-4-11(16-13(9)7-10)8-19-14(21)20(18-17-19)12-5-6-12/h1-4,7,12H,5-6,8H2. The summed E-state index contributed by atoms with van der Waals surface area (Å²) in [7, 11) is 0. The highest BCUT2D eigenvalue weighted by Crippen LogP contribution is 2.32. The van der Waals surface area contributed by atoms with Crippen molar-refractivity contribution in [2.75, 3.05) is 0 Å². The first-order valence-electron chi connectivity index (χ1n) is 6.78. The minimum Gasteiger partial charge on any atom is -0.251 e. The maximum Gasteiger partial charge on any atom is 0.364 e. The number of rotatable bonds is 3. The quantitative estimate of drug-likeness (QED) is 0.742. The van der Waals surface area contributed by atoms with Crippen molar-refractivity contribution in [3.05, 3.63) is 51.5 Å². The molecule has 0 amide bonds. The van der Waals surface area contributed by atoms with Gasteiger partial charge in [0.1, 0.15) is 0 Å². The van der Waals surface area contributed by atoms with Gasteiger partial charge in [-0.05, 0) is 41.5 Å². The van der Waals surface area contributed by atoms with E-state index in [-0.39, 0.29) is 11.7 Å². The van der Waals surface area contributed by atoms with Crippen molar-refractivity contribution in [3.63, 3.8) is 0 Å². The van der Waals surface area contributed by atoms with Gasteiger partial charge < -0.3 is 0 Å². The summed E-state index contributed by atoms with van der Waals surface area (Å²) in [6, 6.07) is 9.64. The van der Waals surface area contributed by atoms with Gasteiger partial charge in [-0.1, -0.05) is 23.7 Å². The van der Waals surface area contributed by atoms with E-state index in [2.05, 4.69) is 15.4 Å². The third-order valence-corrected chi connectivity index (χ3v) is 3.81. The predicted octanol–water partition coefficient (Wildman–Crippen LogP) is 2.02. The van der Waals surface area contributed by atoms with Crippen LogP contribution in [0, 0.1) is 0 Å². The Morgan fingerprint density at radius 2 is 2.00 bits per heavy atom. The number of nitrogens with zero attached hydrogens (tertiary/aromatic N) is 5. The Bertz CT molecular complexity index is 880. The topological polar surface area (TPSA) is 65.6 Å². The summed E-state index contributed by atoms with van der Waals surface area (Å²) in [5.41, 5.74) is 1.39. The van der Waals surface area contributed by atoms with Gasteiger partial charge in [0.2, 0.25) is 0 Å². The summed E-state index contributed by atoms with van der Waals surface area (Å²) in [6.07, 6.45) is 2.01. The van der Waals surface area contributed by atoms with Crippen LogP contribution in [0.25, 0.3) is 10.9 Å². The average Bonchev–Trinajstić information content (AvgIpc) is 3.25. The molecule has 1 aliphatic carbocycles. The number of fused-ring (bicyclic) bond motifs is 1. The van der Waals surface area contributed by atoms with E-state index in [0.29, 0.717) is 11.6 Å². The molecular weight excluding hydrogens is 290 g/mol. The lowest BCUT2D eigenvalue weighted by atomic mass is 10.2. The second-order valence-electron chi connectivity index (χ2n) is 5.23. The van der Waals surface area contributed by atoms with Crippen LogP contribution in [-0.2, 0) is 6.54 Å². The molecule has 0 spiro atoms. The van der Waals surface area contributed by atoms with Gasteiger partial charge in [-0.3, -0.25) is 4.98 Å². The van der Waals surface area contributed by atoms with Crippen LogP contribution in [0.1, 0.15) is 24.6 Å². The SMILES string of the molecule is O=c1n(Cc2ccc3ccc(Cl)cc3n2)nnn1C1CC1. The van der Waals surface area contributed by atoms with Gasteiger partial charge in [-0.25, -0.2) is 4.79 Å². The molecule has 1 aliphatic rings. The van der Waals surface area contributed by atoms with Crippen LogP contribution >= 0.6 is 11.6 Å². The molecule has 1 fully saturated rings. The van der Waals surface area contributed by atoms with Crippen molar-refractivity contribution in [1.82, 2.24) is 24.8 Å². The van der Waals surface area contributed by atoms with E-state index in [1.807, 2.05) is 30.3 Å². The van der Waals surface area contributed by atoms with Crippen LogP contribution in [0.2, 0.25) is 5.02 Å². The van der Waals surface area contributed by atoms with E-state index in [0.717, 1.165) is 29.4 Å². The van der Waals surface area contributed by atoms with Crippen LogP contribution < -0.4 is 5.69 Å². The van der Waals surface area contributed by atoms with Gasteiger partial charge in [0.15, 0.2) is 0 Å². The zero-order chi connectivity index (χ0) is 14.4. The van der Waals surface area contributed by atoms with Gasteiger partial charge >= 0.3 is 5.69 Å². The molecule has 3 aromatic rings. The Kier molecular flexibility index (Phi) is 2.78. The number of hydrogen-bond acceptors (Lipinski definition) is 4. The maximum absolute atomic E-state index is 12.1. The smallest absolute Gasteiger partial charge is 0.251 e. The first kappa shape index (κ1) is 12.5. The molecule has 4 rings (SSSR count). The van der Waals surface area contributed by atoms with Crippen molar-refractivity contribution in [2.45, 2.75) is 25.4 Å². The fraction of sp³-hybridized carbons (Fsp3) is 0.286. The summed E-state index contributed by atoms with van der Waals surface area (Å²) in [5.74, 6) is 0. The van der Waals surface area contributed by atoms with Crippen LogP contribution in [0.5, 0.6) is 0 Å². The number of aromatic nitrogens is 5. The lowest BCUT2D eigenvalue weighted by Gasteiger charge is -2.02. The molecule has 6 nitrogen and oxygen atoms in total. The van der Waals surface area contributed by atoms with Gasteiger partial charge in [-0.15, -0.1) is 0 Å². The molecule has 2 heterocycles. The molecule has 0 atom stereocenters. The fourth-order valence-corrected chi connectivity index (χ4v) is 2.47. The molecule has 0 radical (unpaired) electrons. The molecule has 0 unspecified atom stereocenters. The zero-order valence-electron chi connectivity index (χ0n) is 11.1. The normalized spacial score (nSPS) is 14.7. The van der Waals surface area contributed by atoms with E-state index >= 15 is 0 Å². The fourth-order valence-electron chi connectivity index (χ4n) is 2.31. The zero-order valence-corrected chi connectivity index (χ0v) is 11.9. The summed E-state index contributed by atoms with van der Waals surface area (Å²) >= 11 is 5.98. The predicted molar refractivity (Wildman–Crippen MR) is 78.4 cm³/mol. The molecule has 1 saturated carbocycles. The van der Waals surface area contributed by atoms with Crippen LogP contribution in [-0.4, -0.2) is 24.8 Å². The molecule has 7 heteroatoms. The van der Waals surface area contributed by atoms with Crippen LogP contribution in [0.15, 0.2) is 35.1 Å². The second kappa shape index (κ2) is 4.66. The molecule has 0 saturated heterocycles. The van der Waals surface area contributed by atoms with Crippen LogP contribution in [0.3, 0.4) is 0 Å². The molecule has 21 heavy (non-hydrogen) atoms. The van der Waals surface area contributed by atoms with Gasteiger partial charge in [0, 0.05) is 10.4 Å². The molecule has 106 valence electrons. The number of halogens is 1. The maximum atomic E-state index is 12.1. The second-order valence-corrected chi connectivity index (χ2v) is 5.67. The van der Waals surface area contributed by atoms with Crippen molar-refractivity contribution >= 4 is 22.5 Å². The van der Waals surface area contributed by atoms with E-state index < -0.39 is 0 Å². The summed E-state index contributed by atoms with van der Waals surface area (Å²) < 4.78 is 2.80. The van der Waals surface area contributed by atoms with E-state index in [4.69, 9.17) is 11.6 Å². The lowest BCUT2D eigenvalue weighted by Crippen LogP contribution is -2.25. The third kappa shape index (κ3) is 2.31. The first-order chi connectivity index (χ1) is 10.2. The first-order valence-corrected chi connectivity index (χ1v) is 7.16. The Hall–Kier alpha value is -2.21. The molecular formula is C14H12ClN5O. The van der Waals surface area contributed by atoms with Crippen LogP contribution in [0.4, 0.5) is 0 Å². The van der Waals surface area contributed by atoms with Crippen molar-refractivity contribution < 1.29 is 0 Å². The molecule has 0 aliphatic heterocycles. The average molecular weight is 302 g/mol. The van der Waals surface area contributed by atoms with E-state index in [9.17, 15) is 4.79 Å². The Labute approximate surface area is 125 Å². The minimum atomic E-state index is -0.175. The van der Waals surface area contributed by atoms with E-state index in [1.54, 1.807) is 0 Å². The Morgan fingerprint density at radius 3 is 2.81 bits per heavy atom. The Balaban J connectivity index is 1.69. The number of tetrazole rings is 1. The minimum absolute atomic E-state index is 0.175. The number of pyridine rings is 1. The summed E-state index contributed by atoms with van der Waals surface area (Å²) in [5, 5.41) is 9.49.